The first-order valence-electron chi connectivity index (χ1n) is 10.9. The zero-order chi connectivity index (χ0) is 24.1. The Bertz CT molecular complexity index is 993. The highest BCUT2D eigenvalue weighted by molar-refractivity contribution is 5.84. The third kappa shape index (κ3) is 5.38. The predicted octanol–water partition coefficient (Wildman–Crippen LogP) is 4.09. The monoisotopic (exact) mass is 458 g/mol. The summed E-state index contributed by atoms with van der Waals surface area (Å²) < 4.78 is 29.5. The van der Waals surface area contributed by atoms with Crippen LogP contribution < -0.4 is 14.8 Å². The minimum atomic E-state index is -0.761. The van der Waals surface area contributed by atoms with Gasteiger partial charge in [0.05, 0.1) is 27.4 Å². The van der Waals surface area contributed by atoms with Crippen LogP contribution in [0.15, 0.2) is 36.4 Å². The molecule has 1 N–H and O–H groups in total. The number of hydrogen-bond acceptors (Lipinski definition) is 5. The number of carbonyl (C=O) groups is 2. The number of nitrogens with one attached hydrogen (secondary N) is 1. The van der Waals surface area contributed by atoms with E-state index in [9.17, 15) is 14.0 Å². The first-order chi connectivity index (χ1) is 15.8. The lowest BCUT2D eigenvalue weighted by molar-refractivity contribution is -0.143. The Morgan fingerprint density at radius 1 is 1.09 bits per heavy atom. The van der Waals surface area contributed by atoms with Gasteiger partial charge in [0.1, 0.15) is 11.9 Å². The summed E-state index contributed by atoms with van der Waals surface area (Å²) in [5, 5.41) is 2.84. The van der Waals surface area contributed by atoms with Gasteiger partial charge in [-0.25, -0.2) is 14.0 Å². The van der Waals surface area contributed by atoms with Crippen LogP contribution in [-0.4, -0.2) is 50.8 Å². The molecule has 0 aromatic heterocycles. The van der Waals surface area contributed by atoms with Crippen molar-refractivity contribution in [1.29, 1.82) is 0 Å². The van der Waals surface area contributed by atoms with Crippen LogP contribution in [-0.2, 0) is 16.0 Å². The molecule has 0 unspecified atom stereocenters. The molecule has 0 fully saturated rings. The van der Waals surface area contributed by atoms with Crippen LogP contribution in [0.1, 0.15) is 43.0 Å². The van der Waals surface area contributed by atoms with Crippen LogP contribution in [0.25, 0.3) is 0 Å². The molecule has 2 amide bonds. The van der Waals surface area contributed by atoms with Crippen molar-refractivity contribution in [1.82, 2.24) is 10.2 Å². The summed E-state index contributed by atoms with van der Waals surface area (Å²) in [5.74, 6) is 0.480. The number of benzene rings is 2. The Morgan fingerprint density at radius 3 is 2.30 bits per heavy atom. The highest BCUT2D eigenvalue weighted by atomic mass is 19.1. The molecule has 1 aliphatic rings. The molecule has 2 aromatic rings. The first-order valence-corrected chi connectivity index (χ1v) is 10.9. The molecule has 0 saturated carbocycles. The SMILES string of the molecule is COC(=O)[C@H](CC(C)C)NC(=O)N1CCc2cc(OC)c(OC)cc2[C@@H]1c1ccc(F)cc1. The fraction of sp³-hybridized carbons (Fsp3) is 0.440. The zero-order valence-electron chi connectivity index (χ0n) is 19.7. The number of ether oxygens (including phenoxy) is 3. The first kappa shape index (κ1) is 24.4. The molecule has 0 radical (unpaired) electrons. The third-order valence-electron chi connectivity index (χ3n) is 5.81. The van der Waals surface area contributed by atoms with Gasteiger partial charge in [-0.3, -0.25) is 0 Å². The van der Waals surface area contributed by atoms with E-state index in [1.54, 1.807) is 31.3 Å². The van der Waals surface area contributed by atoms with E-state index in [-0.39, 0.29) is 17.8 Å². The maximum absolute atomic E-state index is 13.7. The second kappa shape index (κ2) is 10.6. The molecule has 178 valence electrons. The Balaban J connectivity index is 2.02. The summed E-state index contributed by atoms with van der Waals surface area (Å²) in [6, 6.07) is 8.20. The Kier molecular flexibility index (Phi) is 7.79. The molecule has 0 bridgehead atoms. The Hall–Kier alpha value is -3.29. The van der Waals surface area contributed by atoms with E-state index in [0.29, 0.717) is 30.9 Å². The van der Waals surface area contributed by atoms with Crippen molar-refractivity contribution < 1.29 is 28.2 Å². The van der Waals surface area contributed by atoms with Crippen LogP contribution in [0.2, 0.25) is 0 Å². The zero-order valence-corrected chi connectivity index (χ0v) is 19.7. The average molecular weight is 459 g/mol. The largest absolute Gasteiger partial charge is 0.493 e. The number of fused-ring (bicyclic) bond motifs is 1. The number of methoxy groups -OCH3 is 3. The molecular weight excluding hydrogens is 427 g/mol. The predicted molar refractivity (Wildman–Crippen MR) is 122 cm³/mol. The van der Waals surface area contributed by atoms with Crippen molar-refractivity contribution >= 4 is 12.0 Å². The summed E-state index contributed by atoms with van der Waals surface area (Å²) in [6.07, 6.45) is 1.04. The minimum absolute atomic E-state index is 0.182. The fourth-order valence-corrected chi connectivity index (χ4v) is 4.23. The fourth-order valence-electron chi connectivity index (χ4n) is 4.23. The molecule has 0 spiro atoms. The van der Waals surface area contributed by atoms with E-state index in [4.69, 9.17) is 14.2 Å². The molecule has 3 rings (SSSR count). The van der Waals surface area contributed by atoms with Gasteiger partial charge in [0, 0.05) is 6.54 Å². The molecule has 33 heavy (non-hydrogen) atoms. The molecule has 1 heterocycles. The molecule has 2 atom stereocenters. The summed E-state index contributed by atoms with van der Waals surface area (Å²) in [6.45, 7) is 4.35. The van der Waals surface area contributed by atoms with Gasteiger partial charge in [0.15, 0.2) is 11.5 Å². The van der Waals surface area contributed by atoms with Crippen molar-refractivity contribution in [3.8, 4) is 11.5 Å². The topological polar surface area (TPSA) is 77.1 Å². The van der Waals surface area contributed by atoms with Gasteiger partial charge in [-0.15, -0.1) is 0 Å². The summed E-state index contributed by atoms with van der Waals surface area (Å²) >= 11 is 0. The summed E-state index contributed by atoms with van der Waals surface area (Å²) in [4.78, 5) is 27.4. The molecular formula is C25H31FN2O5. The quantitative estimate of drug-likeness (QED) is 0.633. The number of urea groups is 1. The maximum atomic E-state index is 13.7. The van der Waals surface area contributed by atoms with Gasteiger partial charge < -0.3 is 24.4 Å². The van der Waals surface area contributed by atoms with E-state index in [2.05, 4.69) is 5.32 Å². The molecule has 0 saturated heterocycles. The van der Waals surface area contributed by atoms with Gasteiger partial charge >= 0.3 is 12.0 Å². The van der Waals surface area contributed by atoms with Crippen molar-refractivity contribution in [2.75, 3.05) is 27.9 Å². The van der Waals surface area contributed by atoms with Gasteiger partial charge in [-0.1, -0.05) is 26.0 Å². The molecule has 7 nitrogen and oxygen atoms in total. The van der Waals surface area contributed by atoms with E-state index in [0.717, 1.165) is 16.7 Å². The second-order valence-corrected chi connectivity index (χ2v) is 8.46. The number of nitrogens with zero attached hydrogens (tertiary/aromatic N) is 1. The van der Waals surface area contributed by atoms with Gasteiger partial charge in [0.25, 0.3) is 0 Å². The molecule has 1 aliphatic heterocycles. The highest BCUT2D eigenvalue weighted by Gasteiger charge is 2.35. The normalized spacial score (nSPS) is 16.1. The van der Waals surface area contributed by atoms with Gasteiger partial charge in [-0.2, -0.15) is 0 Å². The van der Waals surface area contributed by atoms with Crippen molar-refractivity contribution in [2.24, 2.45) is 5.92 Å². The number of esters is 1. The summed E-state index contributed by atoms with van der Waals surface area (Å²) in [5.41, 5.74) is 2.62. The van der Waals surface area contributed by atoms with E-state index in [1.807, 2.05) is 26.0 Å². The lowest BCUT2D eigenvalue weighted by atomic mass is 9.87. The van der Waals surface area contributed by atoms with Gasteiger partial charge in [0.2, 0.25) is 0 Å². The summed E-state index contributed by atoms with van der Waals surface area (Å²) in [7, 11) is 4.43. The van der Waals surface area contributed by atoms with E-state index < -0.39 is 18.1 Å². The number of rotatable bonds is 7. The second-order valence-electron chi connectivity index (χ2n) is 8.46. The molecule has 0 aliphatic carbocycles. The van der Waals surface area contributed by atoms with Crippen LogP contribution >= 0.6 is 0 Å². The molecule has 8 heteroatoms. The smallest absolute Gasteiger partial charge is 0.328 e. The van der Waals surface area contributed by atoms with Crippen LogP contribution in [0.4, 0.5) is 9.18 Å². The lowest BCUT2D eigenvalue weighted by Crippen LogP contribution is -2.51. The van der Waals surface area contributed by atoms with Crippen LogP contribution in [0.3, 0.4) is 0 Å². The Morgan fingerprint density at radius 2 is 1.73 bits per heavy atom. The lowest BCUT2D eigenvalue weighted by Gasteiger charge is -2.38. The van der Waals surface area contributed by atoms with Crippen molar-refractivity contribution in [3.63, 3.8) is 0 Å². The van der Waals surface area contributed by atoms with Crippen LogP contribution in [0, 0.1) is 11.7 Å². The number of halogens is 1. The average Bonchev–Trinajstić information content (AvgIpc) is 2.81. The standard InChI is InChI=1S/C25H31FN2O5/c1-15(2)12-20(24(29)33-5)27-25(30)28-11-10-17-13-21(31-3)22(32-4)14-19(17)23(28)16-6-8-18(26)9-7-16/h6-9,13-15,20,23H,10-12H2,1-5H3,(H,27,30)/t20-,23-/m0/s1. The highest BCUT2D eigenvalue weighted by Crippen LogP contribution is 2.41. The number of amides is 2. The number of hydrogen-bond donors (Lipinski definition) is 1. The minimum Gasteiger partial charge on any atom is -0.493 e. The van der Waals surface area contributed by atoms with Crippen molar-refractivity contribution in [3.05, 3.63) is 58.9 Å². The van der Waals surface area contributed by atoms with Crippen molar-refractivity contribution in [2.45, 2.75) is 38.8 Å². The van der Waals surface area contributed by atoms with Gasteiger partial charge in [-0.05, 0) is 59.7 Å². The van der Waals surface area contributed by atoms with E-state index in [1.165, 1.54) is 19.2 Å². The van der Waals surface area contributed by atoms with E-state index >= 15 is 0 Å². The number of carbonyl (C=O) groups excluding carboxylic acids is 2. The van der Waals surface area contributed by atoms with Crippen LogP contribution in [0.5, 0.6) is 11.5 Å². The third-order valence-corrected chi connectivity index (χ3v) is 5.81. The molecule has 2 aromatic carbocycles. The maximum Gasteiger partial charge on any atom is 0.328 e. The Labute approximate surface area is 193 Å².